The molecule has 0 aliphatic heterocycles. The molecule has 0 spiro atoms. The molecule has 2 nitrogen and oxygen atoms in total. The van der Waals surface area contributed by atoms with Gasteiger partial charge in [0, 0.05) is 29.7 Å². The van der Waals surface area contributed by atoms with Crippen LogP contribution in [0.1, 0.15) is 25.8 Å². The van der Waals surface area contributed by atoms with Gasteiger partial charge >= 0.3 is 0 Å². The summed E-state index contributed by atoms with van der Waals surface area (Å²) in [6.07, 6.45) is 2.09. The van der Waals surface area contributed by atoms with Gasteiger partial charge in [0.15, 0.2) is 0 Å². The van der Waals surface area contributed by atoms with E-state index < -0.39 is 0 Å². The van der Waals surface area contributed by atoms with Gasteiger partial charge < -0.3 is 10.1 Å². The number of rotatable bonds is 8. The lowest BCUT2D eigenvalue weighted by Crippen LogP contribution is -2.35. The second kappa shape index (κ2) is 8.25. The topological polar surface area (TPSA) is 21.3 Å². The van der Waals surface area contributed by atoms with Gasteiger partial charge in [0.25, 0.3) is 0 Å². The summed E-state index contributed by atoms with van der Waals surface area (Å²) in [5.74, 6) is 0. The van der Waals surface area contributed by atoms with Gasteiger partial charge in [0.05, 0.1) is 6.61 Å². The minimum absolute atomic E-state index is 0.214. The van der Waals surface area contributed by atoms with E-state index in [1.54, 1.807) is 7.11 Å². The molecule has 1 aromatic carbocycles. The molecule has 1 rings (SSSR count). The summed E-state index contributed by atoms with van der Waals surface area (Å²) in [6, 6.07) is 6.12. The Morgan fingerprint density at radius 1 is 1.42 bits per heavy atom. The van der Waals surface area contributed by atoms with E-state index in [4.69, 9.17) is 16.3 Å². The summed E-state index contributed by atoms with van der Waals surface area (Å²) < 4.78 is 6.08. The fourth-order valence-electron chi connectivity index (χ4n) is 2.00. The SMILES string of the molecule is CCC(C)(CNCCOC)Cc1ccc(Br)cc1Cl. The lowest BCUT2D eigenvalue weighted by Gasteiger charge is -2.29. The van der Waals surface area contributed by atoms with Crippen molar-refractivity contribution in [3.63, 3.8) is 0 Å². The normalized spacial score (nSPS) is 14.4. The standard InChI is InChI=1S/C15H23BrClNO/c1-4-15(2,11-18-7-8-19-3)10-12-5-6-13(16)9-14(12)17/h5-6,9,18H,4,7-8,10-11H2,1-3H3. The van der Waals surface area contributed by atoms with Gasteiger partial charge in [0.2, 0.25) is 0 Å². The first-order chi connectivity index (χ1) is 9.00. The first-order valence-corrected chi connectivity index (χ1v) is 7.81. The maximum Gasteiger partial charge on any atom is 0.0587 e. The molecule has 0 amide bonds. The molecule has 0 aliphatic rings. The number of halogens is 2. The number of hydrogen-bond acceptors (Lipinski definition) is 2. The van der Waals surface area contributed by atoms with Crippen molar-refractivity contribution in [3.8, 4) is 0 Å². The van der Waals surface area contributed by atoms with Gasteiger partial charge in [-0.2, -0.15) is 0 Å². The van der Waals surface area contributed by atoms with Gasteiger partial charge in [-0.15, -0.1) is 0 Å². The molecular formula is C15H23BrClNO. The molecule has 4 heteroatoms. The zero-order valence-electron chi connectivity index (χ0n) is 11.9. The predicted octanol–water partition coefficient (Wildman–Crippen LogP) is 4.30. The van der Waals surface area contributed by atoms with Gasteiger partial charge in [-0.25, -0.2) is 0 Å². The highest BCUT2D eigenvalue weighted by molar-refractivity contribution is 9.10. The van der Waals surface area contributed by atoms with Crippen LogP contribution in [-0.4, -0.2) is 26.8 Å². The van der Waals surface area contributed by atoms with Crippen molar-refractivity contribution in [2.45, 2.75) is 26.7 Å². The molecule has 0 bridgehead atoms. The van der Waals surface area contributed by atoms with Gasteiger partial charge in [-0.05, 0) is 36.0 Å². The largest absolute Gasteiger partial charge is 0.383 e. The average molecular weight is 349 g/mol. The lowest BCUT2D eigenvalue weighted by molar-refractivity contribution is 0.191. The molecule has 108 valence electrons. The second-order valence-electron chi connectivity index (χ2n) is 5.25. The minimum atomic E-state index is 0.214. The highest BCUT2D eigenvalue weighted by atomic mass is 79.9. The van der Waals surface area contributed by atoms with Crippen LogP contribution >= 0.6 is 27.5 Å². The van der Waals surface area contributed by atoms with E-state index >= 15 is 0 Å². The van der Waals surface area contributed by atoms with Crippen molar-refractivity contribution >= 4 is 27.5 Å². The Hall–Kier alpha value is -0.0900. The van der Waals surface area contributed by atoms with Crippen LogP contribution in [-0.2, 0) is 11.2 Å². The van der Waals surface area contributed by atoms with Gasteiger partial charge in [-0.3, -0.25) is 0 Å². The fraction of sp³-hybridized carbons (Fsp3) is 0.600. The van der Waals surface area contributed by atoms with Crippen LogP contribution < -0.4 is 5.32 Å². The van der Waals surface area contributed by atoms with E-state index in [0.717, 1.165) is 42.0 Å². The first-order valence-electron chi connectivity index (χ1n) is 6.64. The molecule has 0 radical (unpaired) electrons. The summed E-state index contributed by atoms with van der Waals surface area (Å²) in [6.45, 7) is 7.13. The quantitative estimate of drug-likeness (QED) is 0.707. The van der Waals surface area contributed by atoms with E-state index in [-0.39, 0.29) is 5.41 Å². The number of ether oxygens (including phenoxy) is 1. The predicted molar refractivity (Wildman–Crippen MR) is 86.0 cm³/mol. The first kappa shape index (κ1) is 17.0. The zero-order chi connectivity index (χ0) is 14.3. The van der Waals surface area contributed by atoms with E-state index in [0.29, 0.717) is 0 Å². The Morgan fingerprint density at radius 3 is 2.74 bits per heavy atom. The van der Waals surface area contributed by atoms with Crippen LogP contribution in [0.4, 0.5) is 0 Å². The van der Waals surface area contributed by atoms with Crippen LogP contribution in [0.3, 0.4) is 0 Å². The number of nitrogens with one attached hydrogen (secondary N) is 1. The smallest absolute Gasteiger partial charge is 0.0587 e. The molecular weight excluding hydrogens is 326 g/mol. The maximum atomic E-state index is 6.31. The summed E-state index contributed by atoms with van der Waals surface area (Å²) in [5, 5.41) is 4.29. The van der Waals surface area contributed by atoms with Crippen molar-refractivity contribution in [1.82, 2.24) is 5.32 Å². The highest BCUT2D eigenvalue weighted by Crippen LogP contribution is 2.30. The van der Waals surface area contributed by atoms with Crippen LogP contribution in [0, 0.1) is 5.41 Å². The zero-order valence-corrected chi connectivity index (χ0v) is 14.3. The van der Waals surface area contributed by atoms with Crippen LogP contribution in [0.5, 0.6) is 0 Å². The van der Waals surface area contributed by atoms with Gasteiger partial charge in [-0.1, -0.05) is 47.4 Å². The summed E-state index contributed by atoms with van der Waals surface area (Å²) in [7, 11) is 1.72. The van der Waals surface area contributed by atoms with Crippen LogP contribution in [0.2, 0.25) is 5.02 Å². The Labute approximate surface area is 130 Å². The van der Waals surface area contributed by atoms with E-state index in [9.17, 15) is 0 Å². The Kier molecular flexibility index (Phi) is 7.37. The molecule has 0 aliphatic carbocycles. The molecule has 1 unspecified atom stereocenters. The second-order valence-corrected chi connectivity index (χ2v) is 6.57. The molecule has 19 heavy (non-hydrogen) atoms. The van der Waals surface area contributed by atoms with Crippen molar-refractivity contribution in [3.05, 3.63) is 33.3 Å². The number of hydrogen-bond donors (Lipinski definition) is 1. The maximum absolute atomic E-state index is 6.31. The number of benzene rings is 1. The Bertz CT molecular complexity index is 400. The molecule has 0 saturated heterocycles. The monoisotopic (exact) mass is 347 g/mol. The third-order valence-corrected chi connectivity index (χ3v) is 4.37. The van der Waals surface area contributed by atoms with Crippen LogP contribution in [0.15, 0.2) is 22.7 Å². The Balaban J connectivity index is 2.63. The summed E-state index contributed by atoms with van der Waals surface area (Å²) >= 11 is 9.75. The third kappa shape index (κ3) is 5.82. The average Bonchev–Trinajstić information content (AvgIpc) is 2.38. The van der Waals surface area contributed by atoms with Crippen molar-refractivity contribution in [2.24, 2.45) is 5.41 Å². The highest BCUT2D eigenvalue weighted by Gasteiger charge is 2.23. The molecule has 1 aromatic rings. The minimum Gasteiger partial charge on any atom is -0.383 e. The van der Waals surface area contributed by atoms with Crippen molar-refractivity contribution in [2.75, 3.05) is 26.8 Å². The summed E-state index contributed by atoms with van der Waals surface area (Å²) in [4.78, 5) is 0. The molecule has 1 N–H and O–H groups in total. The molecule has 1 atom stereocenters. The van der Waals surface area contributed by atoms with Gasteiger partial charge in [0.1, 0.15) is 0 Å². The van der Waals surface area contributed by atoms with E-state index in [1.165, 1.54) is 5.56 Å². The van der Waals surface area contributed by atoms with Crippen LogP contribution in [0.25, 0.3) is 0 Å². The molecule has 0 saturated carbocycles. The van der Waals surface area contributed by atoms with Crippen molar-refractivity contribution < 1.29 is 4.74 Å². The summed E-state index contributed by atoms with van der Waals surface area (Å²) in [5.41, 5.74) is 1.42. The van der Waals surface area contributed by atoms with Crippen molar-refractivity contribution in [1.29, 1.82) is 0 Å². The number of methoxy groups -OCH3 is 1. The van der Waals surface area contributed by atoms with E-state index in [1.807, 2.05) is 6.07 Å². The third-order valence-electron chi connectivity index (χ3n) is 3.52. The lowest BCUT2D eigenvalue weighted by atomic mass is 9.81. The fourth-order valence-corrected chi connectivity index (χ4v) is 2.74. The Morgan fingerprint density at radius 2 is 2.16 bits per heavy atom. The molecule has 0 aromatic heterocycles. The molecule has 0 heterocycles. The molecule has 0 fully saturated rings. The van der Waals surface area contributed by atoms with E-state index in [2.05, 4.69) is 47.2 Å².